The number of benzene rings is 1. The molecule has 0 aliphatic heterocycles. The smallest absolute Gasteiger partial charge is 0.182 e. The second-order valence-electron chi connectivity index (χ2n) is 4.22. The van der Waals surface area contributed by atoms with Gasteiger partial charge in [0.1, 0.15) is 22.4 Å². The van der Waals surface area contributed by atoms with E-state index in [0.29, 0.717) is 23.6 Å². The van der Waals surface area contributed by atoms with Crippen LogP contribution in [0.5, 0.6) is 0 Å². The van der Waals surface area contributed by atoms with Crippen LogP contribution >= 0.6 is 15.9 Å². The minimum Gasteiger partial charge on any atom is -0.308 e. The molecule has 0 unspecified atom stereocenters. The van der Waals surface area contributed by atoms with Gasteiger partial charge in [-0.25, -0.2) is 9.37 Å². The summed E-state index contributed by atoms with van der Waals surface area (Å²) in [6, 6.07) is 12.2. The molecular formula is C14H10BrFN4. The molecule has 2 aromatic heterocycles. The standard InChI is InChI=1S/C14H10BrFN4/c15-13-7-3-6-12(18-13)14-19-17-9-20(14)8-10-4-1-2-5-11(10)16/h1-7,9H,8H2. The highest BCUT2D eigenvalue weighted by Gasteiger charge is 2.11. The van der Waals surface area contributed by atoms with E-state index in [2.05, 4.69) is 31.1 Å². The van der Waals surface area contributed by atoms with E-state index in [-0.39, 0.29) is 5.82 Å². The average molecular weight is 333 g/mol. The van der Waals surface area contributed by atoms with Crippen molar-refractivity contribution in [2.75, 3.05) is 0 Å². The van der Waals surface area contributed by atoms with Crippen LogP contribution in [0, 0.1) is 5.82 Å². The minimum absolute atomic E-state index is 0.241. The quantitative estimate of drug-likeness (QED) is 0.691. The topological polar surface area (TPSA) is 43.6 Å². The largest absolute Gasteiger partial charge is 0.308 e. The zero-order chi connectivity index (χ0) is 13.9. The summed E-state index contributed by atoms with van der Waals surface area (Å²) in [6.45, 7) is 0.364. The minimum atomic E-state index is -0.241. The van der Waals surface area contributed by atoms with E-state index in [4.69, 9.17) is 0 Å². The molecule has 6 heteroatoms. The molecule has 0 N–H and O–H groups in total. The number of hydrogen-bond acceptors (Lipinski definition) is 3. The maximum absolute atomic E-state index is 13.7. The van der Waals surface area contributed by atoms with Crippen LogP contribution in [0.25, 0.3) is 11.5 Å². The van der Waals surface area contributed by atoms with Crippen LogP contribution in [0.1, 0.15) is 5.56 Å². The molecule has 0 spiro atoms. The molecule has 20 heavy (non-hydrogen) atoms. The SMILES string of the molecule is Fc1ccccc1Cn1cnnc1-c1cccc(Br)n1. The van der Waals surface area contributed by atoms with Crippen LogP contribution in [0.3, 0.4) is 0 Å². The van der Waals surface area contributed by atoms with Gasteiger partial charge in [-0.1, -0.05) is 24.3 Å². The van der Waals surface area contributed by atoms with E-state index < -0.39 is 0 Å². The Balaban J connectivity index is 1.97. The van der Waals surface area contributed by atoms with Crippen LogP contribution < -0.4 is 0 Å². The van der Waals surface area contributed by atoms with Crippen molar-refractivity contribution >= 4 is 15.9 Å². The van der Waals surface area contributed by atoms with Gasteiger partial charge in [-0.2, -0.15) is 0 Å². The molecule has 0 saturated heterocycles. The van der Waals surface area contributed by atoms with Gasteiger partial charge in [0.2, 0.25) is 0 Å². The van der Waals surface area contributed by atoms with Crippen molar-refractivity contribution in [3.8, 4) is 11.5 Å². The summed E-state index contributed by atoms with van der Waals surface area (Å²) in [7, 11) is 0. The molecule has 1 aromatic carbocycles. The molecule has 3 rings (SSSR count). The molecule has 0 atom stereocenters. The van der Waals surface area contributed by atoms with Gasteiger partial charge in [0.15, 0.2) is 5.82 Å². The van der Waals surface area contributed by atoms with Crippen LogP contribution in [0.4, 0.5) is 4.39 Å². The van der Waals surface area contributed by atoms with Gasteiger partial charge in [-0.3, -0.25) is 0 Å². The highest BCUT2D eigenvalue weighted by Crippen LogP contribution is 2.18. The third-order valence-corrected chi connectivity index (χ3v) is 3.30. The third kappa shape index (κ3) is 2.60. The zero-order valence-corrected chi connectivity index (χ0v) is 12.0. The summed E-state index contributed by atoms with van der Waals surface area (Å²) in [6.07, 6.45) is 1.57. The Morgan fingerprint density at radius 2 is 1.95 bits per heavy atom. The fraction of sp³-hybridized carbons (Fsp3) is 0.0714. The Hall–Kier alpha value is -2.08. The summed E-state index contributed by atoms with van der Waals surface area (Å²) in [4.78, 5) is 4.34. The van der Waals surface area contributed by atoms with E-state index in [0.717, 1.165) is 4.60 Å². The summed E-state index contributed by atoms with van der Waals surface area (Å²) in [5.74, 6) is 0.365. The van der Waals surface area contributed by atoms with Gasteiger partial charge < -0.3 is 4.57 Å². The van der Waals surface area contributed by atoms with Gasteiger partial charge in [0.25, 0.3) is 0 Å². The van der Waals surface area contributed by atoms with E-state index >= 15 is 0 Å². The van der Waals surface area contributed by atoms with E-state index in [9.17, 15) is 4.39 Å². The maximum atomic E-state index is 13.7. The lowest BCUT2D eigenvalue weighted by Crippen LogP contribution is -2.03. The molecule has 100 valence electrons. The molecule has 0 fully saturated rings. The molecule has 0 saturated carbocycles. The van der Waals surface area contributed by atoms with E-state index in [1.807, 2.05) is 18.2 Å². The van der Waals surface area contributed by atoms with Crippen molar-refractivity contribution in [3.05, 3.63) is 64.8 Å². The van der Waals surface area contributed by atoms with Crippen LogP contribution in [0.2, 0.25) is 0 Å². The molecule has 0 aliphatic carbocycles. The summed E-state index contributed by atoms with van der Waals surface area (Å²) >= 11 is 3.32. The first-order chi connectivity index (χ1) is 9.74. The molecular weight excluding hydrogens is 323 g/mol. The fourth-order valence-corrected chi connectivity index (χ4v) is 2.26. The monoisotopic (exact) mass is 332 g/mol. The molecule has 0 amide bonds. The van der Waals surface area contributed by atoms with Gasteiger partial charge >= 0.3 is 0 Å². The Bertz CT molecular complexity index is 741. The molecule has 2 heterocycles. The first-order valence-electron chi connectivity index (χ1n) is 5.98. The Kier molecular flexibility index (Phi) is 3.56. The van der Waals surface area contributed by atoms with Crippen LogP contribution in [-0.4, -0.2) is 19.7 Å². The molecule has 4 nitrogen and oxygen atoms in total. The number of rotatable bonds is 3. The first-order valence-corrected chi connectivity index (χ1v) is 6.77. The number of halogens is 2. The number of pyridine rings is 1. The third-order valence-electron chi connectivity index (χ3n) is 2.86. The average Bonchev–Trinajstić information content (AvgIpc) is 2.90. The van der Waals surface area contributed by atoms with E-state index in [1.165, 1.54) is 6.07 Å². The second-order valence-corrected chi connectivity index (χ2v) is 5.03. The Morgan fingerprint density at radius 3 is 2.75 bits per heavy atom. The van der Waals surface area contributed by atoms with E-state index in [1.54, 1.807) is 29.1 Å². The second kappa shape index (κ2) is 5.50. The van der Waals surface area contributed by atoms with Gasteiger partial charge in [0.05, 0.1) is 6.54 Å². The summed E-state index contributed by atoms with van der Waals surface area (Å²) in [5.41, 5.74) is 1.27. The van der Waals surface area contributed by atoms with Crippen molar-refractivity contribution in [2.45, 2.75) is 6.54 Å². The van der Waals surface area contributed by atoms with Crippen molar-refractivity contribution in [1.82, 2.24) is 19.7 Å². The number of hydrogen-bond donors (Lipinski definition) is 0. The lowest BCUT2D eigenvalue weighted by atomic mass is 10.2. The van der Waals surface area contributed by atoms with Crippen LogP contribution in [0.15, 0.2) is 53.4 Å². The van der Waals surface area contributed by atoms with Crippen molar-refractivity contribution in [1.29, 1.82) is 0 Å². The molecule has 0 aliphatic rings. The van der Waals surface area contributed by atoms with Crippen molar-refractivity contribution in [3.63, 3.8) is 0 Å². The highest BCUT2D eigenvalue weighted by atomic mass is 79.9. The predicted octanol–water partition coefficient (Wildman–Crippen LogP) is 3.29. The van der Waals surface area contributed by atoms with Gasteiger partial charge in [-0.05, 0) is 34.1 Å². The Labute approximate surface area is 123 Å². The van der Waals surface area contributed by atoms with Gasteiger partial charge in [-0.15, -0.1) is 10.2 Å². The lowest BCUT2D eigenvalue weighted by Gasteiger charge is -2.07. The van der Waals surface area contributed by atoms with Gasteiger partial charge in [0, 0.05) is 5.56 Å². The van der Waals surface area contributed by atoms with Crippen molar-refractivity contribution in [2.24, 2.45) is 0 Å². The van der Waals surface area contributed by atoms with Crippen LogP contribution in [-0.2, 0) is 6.54 Å². The molecule has 3 aromatic rings. The summed E-state index contributed by atoms with van der Waals surface area (Å²) in [5, 5.41) is 7.95. The maximum Gasteiger partial charge on any atom is 0.182 e. The first kappa shape index (κ1) is 12.9. The Morgan fingerprint density at radius 1 is 1.10 bits per heavy atom. The van der Waals surface area contributed by atoms with Crippen molar-refractivity contribution < 1.29 is 4.39 Å². The fourth-order valence-electron chi connectivity index (χ4n) is 1.91. The molecule has 0 radical (unpaired) electrons. The zero-order valence-electron chi connectivity index (χ0n) is 10.4. The summed E-state index contributed by atoms with van der Waals surface area (Å²) < 4.78 is 16.2. The number of nitrogens with zero attached hydrogens (tertiary/aromatic N) is 4. The number of aromatic nitrogens is 4. The highest BCUT2D eigenvalue weighted by molar-refractivity contribution is 9.10. The predicted molar refractivity (Wildman–Crippen MR) is 76.5 cm³/mol. The lowest BCUT2D eigenvalue weighted by molar-refractivity contribution is 0.600. The molecule has 0 bridgehead atoms. The normalized spacial score (nSPS) is 10.7.